The van der Waals surface area contributed by atoms with Gasteiger partial charge in [0.05, 0.1) is 0 Å². The van der Waals surface area contributed by atoms with Crippen molar-refractivity contribution in [1.82, 2.24) is 0 Å². The van der Waals surface area contributed by atoms with E-state index in [9.17, 15) is 0 Å². The fraction of sp³-hybridized carbons (Fsp3) is 0.625. The van der Waals surface area contributed by atoms with Gasteiger partial charge in [-0.15, -0.1) is 0 Å². The molecule has 0 bridgehead atoms. The lowest BCUT2D eigenvalue weighted by atomic mass is 9.83. The number of halogens is 2. The minimum atomic E-state index is 0.973. The van der Waals surface area contributed by atoms with Crippen molar-refractivity contribution in [3.63, 3.8) is 0 Å². The van der Waals surface area contributed by atoms with E-state index in [2.05, 4.69) is 59.6 Å². The summed E-state index contributed by atoms with van der Waals surface area (Å²) in [5.41, 5.74) is 9.43. The van der Waals surface area contributed by atoms with E-state index in [-0.39, 0.29) is 0 Å². The third kappa shape index (κ3) is 2.85. The molecule has 1 aromatic carbocycles. The number of rotatable bonds is 6. The molecule has 0 nitrogen and oxygen atoms in total. The zero-order valence-electron chi connectivity index (χ0n) is 12.0. The minimum absolute atomic E-state index is 0.973. The molecule has 0 aliphatic heterocycles. The maximum Gasteiger partial charge on any atom is 0.0289 e. The molecule has 1 aromatic rings. The lowest BCUT2D eigenvalue weighted by Gasteiger charge is -2.24. The van der Waals surface area contributed by atoms with E-state index in [1.54, 1.807) is 22.3 Å². The molecule has 18 heavy (non-hydrogen) atoms. The highest BCUT2D eigenvalue weighted by Gasteiger charge is 2.18. The minimum Gasteiger partial charge on any atom is -0.0876 e. The summed E-state index contributed by atoms with van der Waals surface area (Å²) in [7, 11) is 0. The molecule has 0 unspecified atom stereocenters. The third-order valence-electron chi connectivity index (χ3n) is 3.87. The lowest BCUT2D eigenvalue weighted by molar-refractivity contribution is 0.915. The van der Waals surface area contributed by atoms with Crippen LogP contribution in [0.2, 0.25) is 0 Å². The molecular formula is C16H24Br2. The van der Waals surface area contributed by atoms with Crippen molar-refractivity contribution in [2.75, 3.05) is 0 Å². The first kappa shape index (κ1) is 16.2. The quantitative estimate of drug-likeness (QED) is 0.557. The van der Waals surface area contributed by atoms with E-state index >= 15 is 0 Å². The first-order valence-corrected chi connectivity index (χ1v) is 9.23. The Labute approximate surface area is 129 Å². The fourth-order valence-corrected chi connectivity index (χ4v) is 4.48. The predicted octanol–water partition coefficient (Wildman–Crippen LogP) is 5.73. The van der Waals surface area contributed by atoms with Crippen LogP contribution in [0.4, 0.5) is 0 Å². The van der Waals surface area contributed by atoms with Gasteiger partial charge in [0.1, 0.15) is 0 Å². The molecule has 0 aliphatic rings. The van der Waals surface area contributed by atoms with E-state index in [0.29, 0.717) is 0 Å². The van der Waals surface area contributed by atoms with Crippen molar-refractivity contribution in [2.24, 2.45) is 0 Å². The van der Waals surface area contributed by atoms with Crippen LogP contribution < -0.4 is 0 Å². The highest BCUT2D eigenvalue weighted by Crippen LogP contribution is 2.33. The second-order valence-corrected chi connectivity index (χ2v) is 5.67. The molecule has 0 atom stereocenters. The van der Waals surface area contributed by atoms with Gasteiger partial charge in [-0.3, -0.25) is 0 Å². The van der Waals surface area contributed by atoms with Crippen molar-refractivity contribution in [1.29, 1.82) is 0 Å². The summed E-state index contributed by atoms with van der Waals surface area (Å²) in [6.45, 7) is 9.14. The van der Waals surface area contributed by atoms with Gasteiger partial charge in [0.15, 0.2) is 0 Å². The Bertz CT molecular complexity index is 288. The zero-order valence-corrected chi connectivity index (χ0v) is 15.2. The average Bonchev–Trinajstić information content (AvgIpc) is 2.43. The van der Waals surface area contributed by atoms with Crippen LogP contribution in [0.25, 0.3) is 0 Å². The van der Waals surface area contributed by atoms with Crippen molar-refractivity contribution in [2.45, 2.75) is 64.0 Å². The molecule has 0 aliphatic carbocycles. The van der Waals surface area contributed by atoms with Gasteiger partial charge in [-0.2, -0.15) is 0 Å². The molecule has 102 valence electrons. The molecule has 0 radical (unpaired) electrons. The van der Waals surface area contributed by atoms with Gasteiger partial charge in [0.2, 0.25) is 0 Å². The molecule has 2 heteroatoms. The monoisotopic (exact) mass is 374 g/mol. The van der Waals surface area contributed by atoms with Crippen LogP contribution in [0, 0.1) is 0 Å². The first-order valence-electron chi connectivity index (χ1n) is 6.98. The summed E-state index contributed by atoms with van der Waals surface area (Å²) >= 11 is 7.39. The number of hydrogen-bond acceptors (Lipinski definition) is 0. The van der Waals surface area contributed by atoms with Crippen molar-refractivity contribution >= 4 is 31.9 Å². The van der Waals surface area contributed by atoms with E-state index in [4.69, 9.17) is 0 Å². The Hall–Kier alpha value is 0.180. The smallest absolute Gasteiger partial charge is 0.0289 e. The normalized spacial score (nSPS) is 11.0. The molecule has 0 heterocycles. The Morgan fingerprint density at radius 1 is 0.500 bits per heavy atom. The van der Waals surface area contributed by atoms with Crippen LogP contribution in [-0.2, 0) is 36.3 Å². The second kappa shape index (κ2) is 7.69. The van der Waals surface area contributed by atoms with Gasteiger partial charge < -0.3 is 0 Å². The van der Waals surface area contributed by atoms with Crippen LogP contribution in [-0.4, -0.2) is 0 Å². The van der Waals surface area contributed by atoms with E-state index in [0.717, 1.165) is 36.3 Å². The predicted molar refractivity (Wildman–Crippen MR) is 89.2 cm³/mol. The first-order chi connectivity index (χ1) is 8.69. The molecule has 0 saturated carbocycles. The van der Waals surface area contributed by atoms with Crippen molar-refractivity contribution in [3.8, 4) is 0 Å². The molecule has 0 amide bonds. The van der Waals surface area contributed by atoms with Gasteiger partial charge in [0.25, 0.3) is 0 Å². The van der Waals surface area contributed by atoms with Crippen LogP contribution in [0.15, 0.2) is 0 Å². The molecule has 0 saturated heterocycles. The van der Waals surface area contributed by atoms with Gasteiger partial charge in [-0.05, 0) is 59.1 Å². The Morgan fingerprint density at radius 3 is 0.889 bits per heavy atom. The standard InChI is InChI=1S/C16H24Br2/c1-5-11-12(6-2)14(8-4)16(10-18)15(9-17)13(11)7-3/h5-10H2,1-4H3. The third-order valence-corrected chi connectivity index (χ3v) is 4.99. The zero-order chi connectivity index (χ0) is 13.7. The average molecular weight is 376 g/mol. The molecule has 0 N–H and O–H groups in total. The molecular weight excluding hydrogens is 352 g/mol. The summed E-state index contributed by atoms with van der Waals surface area (Å²) in [5.74, 6) is 0. The summed E-state index contributed by atoms with van der Waals surface area (Å²) in [6.07, 6.45) is 4.59. The number of alkyl halides is 2. The van der Waals surface area contributed by atoms with E-state index < -0.39 is 0 Å². The largest absolute Gasteiger partial charge is 0.0876 e. The summed E-state index contributed by atoms with van der Waals surface area (Å²) in [5, 5.41) is 1.95. The lowest BCUT2D eigenvalue weighted by Crippen LogP contribution is -2.10. The maximum absolute atomic E-state index is 3.69. The molecule has 0 spiro atoms. The summed E-state index contributed by atoms with van der Waals surface area (Å²) < 4.78 is 0. The molecule has 0 fully saturated rings. The number of benzene rings is 1. The Kier molecular flexibility index (Phi) is 6.94. The van der Waals surface area contributed by atoms with Crippen LogP contribution in [0.3, 0.4) is 0 Å². The van der Waals surface area contributed by atoms with Crippen molar-refractivity contribution in [3.05, 3.63) is 33.4 Å². The highest BCUT2D eigenvalue weighted by molar-refractivity contribution is 9.09. The van der Waals surface area contributed by atoms with E-state index in [1.165, 1.54) is 11.1 Å². The Morgan fingerprint density at radius 2 is 0.722 bits per heavy atom. The van der Waals surface area contributed by atoms with Crippen LogP contribution in [0.1, 0.15) is 61.1 Å². The van der Waals surface area contributed by atoms with Gasteiger partial charge in [-0.1, -0.05) is 59.6 Å². The van der Waals surface area contributed by atoms with Crippen LogP contribution >= 0.6 is 31.9 Å². The maximum atomic E-state index is 3.69. The SMILES string of the molecule is CCc1c(CC)c(CC)c(CBr)c(CBr)c1CC. The van der Waals surface area contributed by atoms with Gasteiger partial charge in [-0.25, -0.2) is 0 Å². The van der Waals surface area contributed by atoms with Crippen LogP contribution in [0.5, 0.6) is 0 Å². The Balaban J connectivity index is 3.71. The topological polar surface area (TPSA) is 0 Å². The fourth-order valence-electron chi connectivity index (χ4n) is 3.12. The molecule has 1 rings (SSSR count). The summed E-state index contributed by atoms with van der Waals surface area (Å²) in [4.78, 5) is 0. The summed E-state index contributed by atoms with van der Waals surface area (Å²) in [6, 6.07) is 0. The highest BCUT2D eigenvalue weighted by atomic mass is 79.9. The van der Waals surface area contributed by atoms with E-state index in [1.807, 2.05) is 0 Å². The number of hydrogen-bond donors (Lipinski definition) is 0. The second-order valence-electron chi connectivity index (χ2n) is 4.55. The van der Waals surface area contributed by atoms with Gasteiger partial charge >= 0.3 is 0 Å². The van der Waals surface area contributed by atoms with Gasteiger partial charge in [0, 0.05) is 10.7 Å². The van der Waals surface area contributed by atoms with Crippen molar-refractivity contribution < 1.29 is 0 Å². The molecule has 0 aromatic heterocycles.